The maximum atomic E-state index is 15.5. The highest BCUT2D eigenvalue weighted by Gasteiger charge is 2.49. The van der Waals surface area contributed by atoms with E-state index in [4.69, 9.17) is 15.9 Å². The van der Waals surface area contributed by atoms with Crippen LogP contribution in [0.1, 0.15) is 120 Å². The Morgan fingerprint density at radius 3 is 2.17 bits per heavy atom. The Hall–Kier alpha value is -6.35. The number of aliphatic hydroxyl groups excluding tert-OH is 1. The number of hydrogen-bond donors (Lipinski definition) is 7. The fourth-order valence-corrected chi connectivity index (χ4v) is 12.7. The quantitative estimate of drug-likeness (QED) is 0.0660. The van der Waals surface area contributed by atoms with E-state index < -0.39 is 96.5 Å². The van der Waals surface area contributed by atoms with Gasteiger partial charge in [-0.1, -0.05) is 101 Å². The third-order valence-corrected chi connectivity index (χ3v) is 16.9. The molecule has 7 rings (SSSR count). The van der Waals surface area contributed by atoms with E-state index in [1.807, 2.05) is 62.6 Å². The molecule has 0 spiro atoms. The molecule has 0 radical (unpaired) electrons. The molecule has 3 fully saturated rings. The zero-order chi connectivity index (χ0) is 56.2. The summed E-state index contributed by atoms with van der Waals surface area (Å²) in [4.78, 5) is 110. The maximum absolute atomic E-state index is 15.5. The first-order chi connectivity index (χ1) is 37.4. The summed E-state index contributed by atoms with van der Waals surface area (Å²) in [6.45, 7) is 5.82. The van der Waals surface area contributed by atoms with Gasteiger partial charge in [-0.3, -0.25) is 39.0 Å². The number of ether oxygens (including phenoxy) is 1. The highest BCUT2D eigenvalue weighted by atomic mass is 32.2. The van der Waals surface area contributed by atoms with Crippen LogP contribution in [0.3, 0.4) is 0 Å². The molecule has 0 bridgehead atoms. The van der Waals surface area contributed by atoms with E-state index in [0.717, 1.165) is 43.2 Å². The number of piperidine rings is 1. The van der Waals surface area contributed by atoms with Gasteiger partial charge in [0.15, 0.2) is 12.2 Å². The molecule has 9 atom stereocenters. The molecule has 8 N–H and O–H groups in total. The average molecular weight is 1100 g/mol. The van der Waals surface area contributed by atoms with Gasteiger partial charge in [0.1, 0.15) is 48.6 Å². The Balaban J connectivity index is 1.17. The van der Waals surface area contributed by atoms with Gasteiger partial charge in [-0.05, 0) is 85.0 Å². The molecule has 20 nitrogen and oxygen atoms in total. The Morgan fingerprint density at radius 2 is 1.53 bits per heavy atom. The molecule has 2 saturated heterocycles. The molecule has 4 heterocycles. The van der Waals surface area contributed by atoms with Crippen molar-refractivity contribution < 1.29 is 43.4 Å². The number of benzene rings is 2. The predicted octanol–water partition coefficient (Wildman–Crippen LogP) is 3.37. The van der Waals surface area contributed by atoms with Crippen molar-refractivity contribution in [3.63, 3.8) is 0 Å². The molecule has 2 unspecified atom stereocenters. The summed E-state index contributed by atoms with van der Waals surface area (Å²) >= 11 is 1.49. The van der Waals surface area contributed by atoms with E-state index in [2.05, 4.69) is 21.3 Å². The maximum Gasteiger partial charge on any atom is 0.248 e. The molecule has 426 valence electrons. The minimum atomic E-state index is -1.20. The van der Waals surface area contributed by atoms with E-state index in [0.29, 0.717) is 56.5 Å². The Bertz CT molecular complexity index is 2470. The van der Waals surface area contributed by atoms with Crippen LogP contribution in [-0.2, 0) is 44.8 Å². The molecule has 2 aromatic carbocycles. The number of carbonyl (C=O) groups is 7. The van der Waals surface area contributed by atoms with Crippen LogP contribution in [0.15, 0.2) is 67.1 Å². The topological polar surface area (TPSA) is 263 Å². The monoisotopic (exact) mass is 1100 g/mol. The fraction of sp³-hybridized carbons (Fsp3) is 0.614. The number of fused-ring (bicyclic) bond motifs is 1. The third kappa shape index (κ3) is 14.3. The standard InChI is InChI=1S/C57H83N11O9S/c1-35(2)31-46(54(75)64(4)5)66-28-29-77-56(66)45(34-69)62-51(72)48-42(38-17-11-8-12-18-38)23-27-67(48)53(74)43(24-30-78-6)61-52(73)49-41-20-14-13-19-40(41)33-68(49)55(76)47(39-21-25-65(26-22-39)57(58)59)63-50(71)44(60-36(3)70)32-37-15-9-7-10-16-37/h8,11-14,17-20,28-29,35,37,39,42-49,56,69H,7,9-10,15-16,21-27,30-34H2,1-6H3,(H3,58,59)(H,60,70)(H,61,73)(H,62,72)(H,63,71)/t42?,43-,44-,45-,46-,47-,48-,49-,56?/m0/s1. The van der Waals surface area contributed by atoms with Crippen molar-refractivity contribution in [3.05, 3.63) is 83.7 Å². The minimum absolute atomic E-state index is 0.0463. The number of carbonyl (C=O) groups excluding carboxylic acids is 7. The van der Waals surface area contributed by atoms with Gasteiger partial charge in [0, 0.05) is 59.3 Å². The number of thioether (sulfide) groups is 1. The number of nitrogens with two attached hydrogens (primary N) is 1. The van der Waals surface area contributed by atoms with Crippen molar-refractivity contribution in [3.8, 4) is 0 Å². The summed E-state index contributed by atoms with van der Waals surface area (Å²) in [6, 6.07) is 9.61. The lowest BCUT2D eigenvalue weighted by molar-refractivity contribution is -0.147. The van der Waals surface area contributed by atoms with E-state index >= 15 is 19.2 Å². The number of nitrogens with one attached hydrogen (secondary N) is 5. The van der Waals surface area contributed by atoms with Crippen LogP contribution in [0.25, 0.3) is 0 Å². The van der Waals surface area contributed by atoms with Gasteiger partial charge < -0.3 is 61.3 Å². The summed E-state index contributed by atoms with van der Waals surface area (Å²) in [7, 11) is 3.35. The Kier molecular flexibility index (Phi) is 20.9. The van der Waals surface area contributed by atoms with Crippen LogP contribution in [0.4, 0.5) is 0 Å². The van der Waals surface area contributed by atoms with Gasteiger partial charge in [-0.25, -0.2) is 0 Å². The average Bonchev–Trinajstić information content (AvgIpc) is 4.24. The number of hydrogen-bond acceptors (Lipinski definition) is 12. The van der Waals surface area contributed by atoms with Gasteiger partial charge in [-0.15, -0.1) is 0 Å². The van der Waals surface area contributed by atoms with Gasteiger partial charge in [-0.2, -0.15) is 11.8 Å². The lowest BCUT2D eigenvalue weighted by Gasteiger charge is -2.39. The van der Waals surface area contributed by atoms with Crippen LogP contribution in [0.2, 0.25) is 0 Å². The minimum Gasteiger partial charge on any atom is -0.474 e. The summed E-state index contributed by atoms with van der Waals surface area (Å²) in [6.07, 6.45) is 11.5. The van der Waals surface area contributed by atoms with E-state index in [1.54, 1.807) is 42.2 Å². The second-order valence-electron chi connectivity index (χ2n) is 22.3. The van der Waals surface area contributed by atoms with Gasteiger partial charge >= 0.3 is 0 Å². The number of nitrogens with zero attached hydrogens (tertiary/aromatic N) is 5. The van der Waals surface area contributed by atoms with Gasteiger partial charge in [0.05, 0.1) is 6.61 Å². The largest absolute Gasteiger partial charge is 0.474 e. The number of likely N-dealkylation sites (tertiary alicyclic amines) is 2. The summed E-state index contributed by atoms with van der Waals surface area (Å²) in [5.74, 6) is -3.26. The number of amides is 7. The first kappa shape index (κ1) is 59.3. The number of likely N-dealkylation sites (N-methyl/N-ethyl adjacent to an activating group) is 1. The summed E-state index contributed by atoms with van der Waals surface area (Å²) in [5.41, 5.74) is 8.01. The first-order valence-electron chi connectivity index (χ1n) is 27.8. The summed E-state index contributed by atoms with van der Waals surface area (Å²) < 4.78 is 6.01. The lowest BCUT2D eigenvalue weighted by Crippen LogP contribution is -2.61. The summed E-state index contributed by atoms with van der Waals surface area (Å²) in [5, 5.41) is 31.0. The van der Waals surface area contributed by atoms with Crippen molar-refractivity contribution in [1.82, 2.24) is 45.8 Å². The van der Waals surface area contributed by atoms with Gasteiger partial charge in [0.25, 0.3) is 0 Å². The Morgan fingerprint density at radius 1 is 0.833 bits per heavy atom. The number of aliphatic hydroxyl groups is 1. The molecular formula is C57H83N11O9S. The van der Waals surface area contributed by atoms with Crippen molar-refractivity contribution in [2.75, 3.05) is 52.3 Å². The van der Waals surface area contributed by atoms with Crippen molar-refractivity contribution in [2.45, 2.75) is 152 Å². The normalized spacial score (nSPS) is 22.4. The molecule has 4 aliphatic heterocycles. The van der Waals surface area contributed by atoms with Gasteiger partial charge in [0.2, 0.25) is 41.4 Å². The molecule has 1 saturated carbocycles. The van der Waals surface area contributed by atoms with Crippen LogP contribution in [-0.4, -0.2) is 172 Å². The lowest BCUT2D eigenvalue weighted by atomic mass is 9.84. The molecule has 5 aliphatic rings. The third-order valence-electron chi connectivity index (χ3n) is 16.2. The van der Waals surface area contributed by atoms with Crippen molar-refractivity contribution in [2.24, 2.45) is 23.5 Å². The molecule has 7 amide bonds. The van der Waals surface area contributed by atoms with Crippen LogP contribution in [0.5, 0.6) is 0 Å². The molecule has 0 aromatic heterocycles. The first-order valence-corrected chi connectivity index (χ1v) is 29.2. The number of rotatable bonds is 22. The van der Waals surface area contributed by atoms with Crippen LogP contribution < -0.4 is 27.0 Å². The molecular weight excluding hydrogens is 1010 g/mol. The van der Waals surface area contributed by atoms with Crippen LogP contribution >= 0.6 is 11.8 Å². The SMILES string of the molecule is CSCC[C@H](NC(=O)[C@@H]1c2ccccc2CN1C(=O)[C@@H](NC(=O)[C@H](CC1CCCCC1)NC(C)=O)C1CCN(C(=N)N)CC1)C(=O)N1CCC(c2ccccc2)[C@H]1C(=O)N[C@@H](CO)C1OC=CN1[C@@H](CC(C)C)C(=O)N(C)C. The Labute approximate surface area is 463 Å². The molecule has 1 aliphatic carbocycles. The zero-order valence-corrected chi connectivity index (χ0v) is 47.1. The predicted molar refractivity (Wildman–Crippen MR) is 298 cm³/mol. The number of guanidine groups is 1. The molecule has 2 aromatic rings. The second kappa shape index (κ2) is 27.5. The van der Waals surface area contributed by atoms with Crippen molar-refractivity contribution >= 4 is 59.1 Å². The van der Waals surface area contributed by atoms with Crippen molar-refractivity contribution in [1.29, 1.82) is 5.41 Å². The highest BCUT2D eigenvalue weighted by molar-refractivity contribution is 7.98. The van der Waals surface area contributed by atoms with Crippen LogP contribution in [0, 0.1) is 23.2 Å². The zero-order valence-electron chi connectivity index (χ0n) is 46.2. The second-order valence-corrected chi connectivity index (χ2v) is 23.3. The fourth-order valence-electron chi connectivity index (χ4n) is 12.2. The molecule has 78 heavy (non-hydrogen) atoms. The smallest absolute Gasteiger partial charge is 0.248 e. The van der Waals surface area contributed by atoms with E-state index in [1.165, 1.54) is 39.6 Å². The van der Waals surface area contributed by atoms with E-state index in [9.17, 15) is 19.5 Å². The van der Waals surface area contributed by atoms with E-state index in [-0.39, 0.29) is 49.1 Å². The molecule has 21 heteroatoms. The highest BCUT2D eigenvalue weighted by Crippen LogP contribution is 2.38.